The predicted octanol–water partition coefficient (Wildman–Crippen LogP) is 0.608. The van der Waals surface area contributed by atoms with Crippen molar-refractivity contribution < 1.29 is 38.1 Å². The Balaban J connectivity index is 3.35. The molecule has 0 aliphatic carbocycles. The van der Waals surface area contributed by atoms with E-state index in [2.05, 4.69) is 9.47 Å². The monoisotopic (exact) mass is 282 g/mol. The zero-order valence-electron chi connectivity index (χ0n) is 10.6. The number of rotatable bonds is 6. The molecule has 0 aromatic heterocycles. The summed E-state index contributed by atoms with van der Waals surface area (Å²) >= 11 is 0. The molecule has 8 nitrogen and oxygen atoms in total. The van der Waals surface area contributed by atoms with Gasteiger partial charge in [-0.3, -0.25) is 19.2 Å². The van der Waals surface area contributed by atoms with Gasteiger partial charge in [0, 0.05) is 26.0 Å². The van der Waals surface area contributed by atoms with Crippen LogP contribution in [0.25, 0.3) is 0 Å². The molecule has 0 heterocycles. The first kappa shape index (κ1) is 15.2. The van der Waals surface area contributed by atoms with Crippen molar-refractivity contribution in [2.45, 2.75) is 13.8 Å². The summed E-state index contributed by atoms with van der Waals surface area (Å²) in [5, 5.41) is 0. The summed E-state index contributed by atoms with van der Waals surface area (Å²) in [6, 6.07) is 2.26. The minimum atomic E-state index is -0.710. The first-order chi connectivity index (χ1) is 9.47. The molecule has 1 rings (SSSR count). The fraction of sp³-hybridized carbons (Fsp3) is 0.167. The number of carbonyl (C=O) groups is 4. The highest BCUT2D eigenvalue weighted by molar-refractivity contribution is 5.75. The van der Waals surface area contributed by atoms with Crippen molar-refractivity contribution in [3.63, 3.8) is 0 Å². The van der Waals surface area contributed by atoms with Crippen LogP contribution in [0.3, 0.4) is 0 Å². The van der Waals surface area contributed by atoms with Crippen LogP contribution in [0.4, 0.5) is 0 Å². The highest BCUT2D eigenvalue weighted by Crippen LogP contribution is 2.41. The van der Waals surface area contributed by atoms with Crippen molar-refractivity contribution in [2.24, 2.45) is 0 Å². The summed E-state index contributed by atoms with van der Waals surface area (Å²) in [5.41, 5.74) is 0. The third-order valence-electron chi connectivity index (χ3n) is 1.85. The van der Waals surface area contributed by atoms with Gasteiger partial charge in [-0.05, 0) is 0 Å². The topological polar surface area (TPSA) is 105 Å². The molecule has 106 valence electrons. The lowest BCUT2D eigenvalue weighted by molar-refractivity contribution is -0.132. The summed E-state index contributed by atoms with van der Waals surface area (Å²) in [7, 11) is 0. The molecule has 0 aliphatic heterocycles. The molecule has 0 N–H and O–H groups in total. The largest absolute Gasteiger partial charge is 0.426 e. The second-order valence-electron chi connectivity index (χ2n) is 3.36. The fourth-order valence-corrected chi connectivity index (χ4v) is 1.31. The van der Waals surface area contributed by atoms with Gasteiger partial charge in [-0.1, -0.05) is 0 Å². The minimum Gasteiger partial charge on any atom is -0.426 e. The summed E-state index contributed by atoms with van der Waals surface area (Å²) in [6.45, 7) is 2.40. The number of hydrogen-bond donors (Lipinski definition) is 0. The van der Waals surface area contributed by atoms with E-state index < -0.39 is 11.9 Å². The maximum absolute atomic E-state index is 11.0. The van der Waals surface area contributed by atoms with Crippen LogP contribution >= 0.6 is 0 Å². The highest BCUT2D eigenvalue weighted by Gasteiger charge is 2.18. The molecule has 0 unspecified atom stereocenters. The van der Waals surface area contributed by atoms with E-state index in [1.165, 1.54) is 0 Å². The van der Waals surface area contributed by atoms with E-state index in [9.17, 15) is 19.2 Å². The second-order valence-corrected chi connectivity index (χ2v) is 3.36. The standard InChI is InChI=1S/C12H10O8/c1-7(15)19-9-3-10(17-5-13)12(18-6-14)11(4-9)20-8(2)16/h3-6H,1-2H3. The number of hydrogen-bond acceptors (Lipinski definition) is 8. The van der Waals surface area contributed by atoms with Gasteiger partial charge in [0.15, 0.2) is 11.5 Å². The Bertz CT molecular complexity index is 549. The maximum atomic E-state index is 11.0. The van der Waals surface area contributed by atoms with Gasteiger partial charge in [0.2, 0.25) is 5.75 Å². The normalized spacial score (nSPS) is 9.30. The van der Waals surface area contributed by atoms with Crippen molar-refractivity contribution >= 4 is 24.9 Å². The minimum absolute atomic E-state index is 0.0520. The number of esters is 2. The van der Waals surface area contributed by atoms with E-state index in [1.54, 1.807) is 0 Å². The zero-order chi connectivity index (χ0) is 15.1. The number of ether oxygens (including phenoxy) is 4. The molecule has 1 aromatic carbocycles. The van der Waals surface area contributed by atoms with Gasteiger partial charge in [0.25, 0.3) is 12.9 Å². The van der Waals surface area contributed by atoms with Crippen LogP contribution in [-0.2, 0) is 19.2 Å². The molecule has 20 heavy (non-hydrogen) atoms. The number of benzene rings is 1. The molecule has 1 aromatic rings. The van der Waals surface area contributed by atoms with Gasteiger partial charge in [0.1, 0.15) is 5.75 Å². The van der Waals surface area contributed by atoms with Gasteiger partial charge in [-0.15, -0.1) is 0 Å². The molecule has 0 radical (unpaired) electrons. The molecule has 0 bridgehead atoms. The molecule has 0 aliphatic rings. The Labute approximate surface area is 113 Å². The van der Waals surface area contributed by atoms with E-state index in [-0.39, 0.29) is 35.9 Å². The highest BCUT2D eigenvalue weighted by atomic mass is 16.6. The second kappa shape index (κ2) is 6.88. The zero-order valence-corrected chi connectivity index (χ0v) is 10.6. The Morgan fingerprint density at radius 2 is 1.45 bits per heavy atom. The van der Waals surface area contributed by atoms with Crippen LogP contribution < -0.4 is 18.9 Å². The first-order valence-corrected chi connectivity index (χ1v) is 5.23. The van der Waals surface area contributed by atoms with Crippen molar-refractivity contribution in [3.8, 4) is 23.0 Å². The van der Waals surface area contributed by atoms with Gasteiger partial charge >= 0.3 is 11.9 Å². The van der Waals surface area contributed by atoms with Crippen LogP contribution in [0, 0.1) is 0 Å². The maximum Gasteiger partial charge on any atom is 0.308 e. The van der Waals surface area contributed by atoms with E-state index in [0.717, 1.165) is 26.0 Å². The van der Waals surface area contributed by atoms with Crippen LogP contribution in [-0.4, -0.2) is 24.9 Å². The van der Waals surface area contributed by atoms with E-state index >= 15 is 0 Å². The predicted molar refractivity (Wildman–Crippen MR) is 62.4 cm³/mol. The third kappa shape index (κ3) is 4.09. The lowest BCUT2D eigenvalue weighted by Gasteiger charge is -2.12. The van der Waals surface area contributed by atoms with Crippen molar-refractivity contribution in [1.29, 1.82) is 0 Å². The molecule has 0 saturated heterocycles. The first-order valence-electron chi connectivity index (χ1n) is 5.23. The Morgan fingerprint density at radius 1 is 0.900 bits per heavy atom. The molecule has 8 heteroatoms. The Morgan fingerprint density at radius 3 is 1.95 bits per heavy atom. The van der Waals surface area contributed by atoms with Crippen LogP contribution in [0.2, 0.25) is 0 Å². The Kier molecular flexibility index (Phi) is 5.21. The van der Waals surface area contributed by atoms with Crippen LogP contribution in [0.1, 0.15) is 13.8 Å². The van der Waals surface area contributed by atoms with Crippen molar-refractivity contribution in [3.05, 3.63) is 12.1 Å². The lowest BCUT2D eigenvalue weighted by Crippen LogP contribution is -2.07. The molecular formula is C12H10O8. The molecule has 0 fully saturated rings. The summed E-state index contributed by atoms with van der Waals surface area (Å²) in [4.78, 5) is 42.7. The molecule has 0 spiro atoms. The molecular weight excluding hydrogens is 272 g/mol. The smallest absolute Gasteiger partial charge is 0.308 e. The third-order valence-corrected chi connectivity index (χ3v) is 1.85. The summed E-state index contributed by atoms with van der Waals surface area (Å²) in [6.07, 6.45) is 0. The molecule has 0 amide bonds. The SMILES string of the molecule is CC(=O)Oc1cc(OC=O)c(OC=O)c(OC(C)=O)c1. The van der Waals surface area contributed by atoms with Crippen LogP contribution in [0.5, 0.6) is 23.0 Å². The van der Waals surface area contributed by atoms with Gasteiger partial charge in [-0.2, -0.15) is 0 Å². The van der Waals surface area contributed by atoms with Gasteiger partial charge in [0.05, 0.1) is 0 Å². The molecule has 0 saturated carbocycles. The Hall–Kier alpha value is -2.90. The number of carbonyl (C=O) groups excluding carboxylic acids is 4. The van der Waals surface area contributed by atoms with Crippen molar-refractivity contribution in [2.75, 3.05) is 0 Å². The van der Waals surface area contributed by atoms with E-state index in [1.807, 2.05) is 0 Å². The average Bonchev–Trinajstić information content (AvgIpc) is 2.32. The van der Waals surface area contributed by atoms with E-state index in [4.69, 9.17) is 9.47 Å². The molecule has 0 atom stereocenters. The van der Waals surface area contributed by atoms with Gasteiger partial charge in [-0.25, -0.2) is 0 Å². The lowest BCUT2D eigenvalue weighted by atomic mass is 10.2. The van der Waals surface area contributed by atoms with Crippen molar-refractivity contribution in [1.82, 2.24) is 0 Å². The quantitative estimate of drug-likeness (QED) is 0.424. The van der Waals surface area contributed by atoms with Gasteiger partial charge < -0.3 is 18.9 Å². The van der Waals surface area contributed by atoms with Crippen LogP contribution in [0.15, 0.2) is 12.1 Å². The fourth-order valence-electron chi connectivity index (χ4n) is 1.31. The summed E-state index contributed by atoms with van der Waals surface area (Å²) in [5.74, 6) is -2.18. The average molecular weight is 282 g/mol. The summed E-state index contributed by atoms with van der Waals surface area (Å²) < 4.78 is 18.8. The van der Waals surface area contributed by atoms with E-state index in [0.29, 0.717) is 0 Å².